The number of ketones is 1. The fourth-order valence-corrected chi connectivity index (χ4v) is 1.71. The van der Waals surface area contributed by atoms with E-state index in [-0.39, 0.29) is 5.56 Å². The summed E-state index contributed by atoms with van der Waals surface area (Å²) in [5.41, 5.74) is 0.174. The van der Waals surface area contributed by atoms with Gasteiger partial charge in [0.1, 0.15) is 11.8 Å². The van der Waals surface area contributed by atoms with Gasteiger partial charge < -0.3 is 4.74 Å². The Hall–Kier alpha value is -2.38. The van der Waals surface area contributed by atoms with Crippen molar-refractivity contribution in [3.05, 3.63) is 48.0 Å². The Bertz CT molecular complexity index is 634. The first-order chi connectivity index (χ1) is 9.76. The molecule has 1 atom stereocenters. The molecule has 0 saturated heterocycles. The van der Waals surface area contributed by atoms with E-state index in [1.54, 1.807) is 0 Å². The van der Waals surface area contributed by atoms with Crippen molar-refractivity contribution >= 4 is 5.78 Å². The van der Waals surface area contributed by atoms with Crippen LogP contribution >= 0.6 is 0 Å². The predicted octanol–water partition coefficient (Wildman–Crippen LogP) is 3.36. The maximum Gasteiger partial charge on any atom is 0.573 e. The van der Waals surface area contributed by atoms with E-state index in [9.17, 15) is 22.4 Å². The van der Waals surface area contributed by atoms with Crippen LogP contribution in [0.15, 0.2) is 36.7 Å². The van der Waals surface area contributed by atoms with Crippen molar-refractivity contribution in [2.75, 3.05) is 0 Å². The molecule has 1 aromatic carbocycles. The third kappa shape index (κ3) is 3.80. The molecular weight excluding hydrogens is 292 g/mol. The van der Waals surface area contributed by atoms with Gasteiger partial charge in [0, 0.05) is 5.56 Å². The molecule has 0 fully saturated rings. The standard InChI is InChI=1S/C13H10F4N2O2/c1-8(19-7-10(14)6-18-19)12(20)9-2-4-11(5-3-9)21-13(15,16)17/h2-8H,1H3/t8-/m0/s1. The summed E-state index contributed by atoms with van der Waals surface area (Å²) < 4.78 is 53.7. The number of carbonyl (C=O) groups excluding carboxylic acids is 1. The Balaban J connectivity index is 2.13. The van der Waals surface area contributed by atoms with Crippen LogP contribution in [0.1, 0.15) is 23.3 Å². The van der Waals surface area contributed by atoms with Crippen molar-refractivity contribution in [3.8, 4) is 5.75 Å². The molecule has 0 spiro atoms. The molecule has 0 amide bonds. The molecule has 0 aliphatic rings. The molecule has 2 rings (SSSR count). The highest BCUT2D eigenvalue weighted by Gasteiger charge is 2.31. The summed E-state index contributed by atoms with van der Waals surface area (Å²) in [6.45, 7) is 1.51. The van der Waals surface area contributed by atoms with Crippen LogP contribution in [0.2, 0.25) is 0 Å². The van der Waals surface area contributed by atoms with Gasteiger partial charge in [0.2, 0.25) is 0 Å². The number of Topliss-reactive ketones (excluding diaryl/α,β-unsaturated/α-hetero) is 1. The van der Waals surface area contributed by atoms with Crippen LogP contribution in [0.4, 0.5) is 17.6 Å². The molecule has 0 saturated carbocycles. The van der Waals surface area contributed by atoms with Gasteiger partial charge in [0.15, 0.2) is 11.6 Å². The number of ether oxygens (including phenoxy) is 1. The third-order valence-corrected chi connectivity index (χ3v) is 2.72. The number of benzene rings is 1. The Morgan fingerprint density at radius 3 is 2.38 bits per heavy atom. The fourth-order valence-electron chi connectivity index (χ4n) is 1.71. The van der Waals surface area contributed by atoms with Crippen LogP contribution in [0.25, 0.3) is 0 Å². The van der Waals surface area contributed by atoms with Gasteiger partial charge in [-0.05, 0) is 31.2 Å². The predicted molar refractivity (Wildman–Crippen MR) is 64.4 cm³/mol. The minimum atomic E-state index is -4.79. The molecule has 0 radical (unpaired) electrons. The van der Waals surface area contributed by atoms with Crippen molar-refractivity contribution in [3.63, 3.8) is 0 Å². The van der Waals surface area contributed by atoms with Crippen LogP contribution in [-0.2, 0) is 0 Å². The monoisotopic (exact) mass is 302 g/mol. The lowest BCUT2D eigenvalue weighted by Gasteiger charge is -2.12. The highest BCUT2D eigenvalue weighted by atomic mass is 19.4. The molecule has 0 aliphatic heterocycles. The van der Waals surface area contributed by atoms with Crippen LogP contribution in [0.3, 0.4) is 0 Å². The Labute approximate surface area is 116 Å². The lowest BCUT2D eigenvalue weighted by Crippen LogP contribution is -2.18. The van der Waals surface area contributed by atoms with Gasteiger partial charge in [0.05, 0.1) is 12.4 Å². The normalized spacial score (nSPS) is 13.0. The van der Waals surface area contributed by atoms with E-state index in [1.165, 1.54) is 19.1 Å². The van der Waals surface area contributed by atoms with Gasteiger partial charge in [-0.2, -0.15) is 5.10 Å². The van der Waals surface area contributed by atoms with Crippen molar-refractivity contribution in [2.24, 2.45) is 0 Å². The molecule has 2 aromatic rings. The molecule has 0 N–H and O–H groups in total. The zero-order chi connectivity index (χ0) is 15.6. The molecule has 1 heterocycles. The molecule has 112 valence electrons. The van der Waals surface area contributed by atoms with Crippen LogP contribution < -0.4 is 4.74 Å². The number of hydrogen-bond donors (Lipinski definition) is 0. The average molecular weight is 302 g/mol. The Morgan fingerprint density at radius 1 is 1.29 bits per heavy atom. The second-order valence-electron chi connectivity index (χ2n) is 4.25. The first-order valence-electron chi connectivity index (χ1n) is 5.86. The summed E-state index contributed by atoms with van der Waals surface area (Å²) in [6.07, 6.45) is -2.76. The lowest BCUT2D eigenvalue weighted by molar-refractivity contribution is -0.274. The number of aromatic nitrogens is 2. The van der Waals surface area contributed by atoms with E-state index < -0.39 is 29.8 Å². The summed E-state index contributed by atoms with van der Waals surface area (Å²) in [7, 11) is 0. The third-order valence-electron chi connectivity index (χ3n) is 2.72. The van der Waals surface area contributed by atoms with E-state index >= 15 is 0 Å². The Morgan fingerprint density at radius 2 is 1.90 bits per heavy atom. The topological polar surface area (TPSA) is 44.1 Å². The molecule has 0 aliphatic carbocycles. The summed E-state index contributed by atoms with van der Waals surface area (Å²) in [5, 5.41) is 3.68. The van der Waals surface area contributed by atoms with Crippen molar-refractivity contribution < 1.29 is 27.1 Å². The highest BCUT2D eigenvalue weighted by Crippen LogP contribution is 2.24. The van der Waals surface area contributed by atoms with Crippen molar-refractivity contribution in [1.29, 1.82) is 0 Å². The van der Waals surface area contributed by atoms with Gasteiger partial charge in [-0.3, -0.25) is 9.48 Å². The van der Waals surface area contributed by atoms with Crippen molar-refractivity contribution in [2.45, 2.75) is 19.3 Å². The van der Waals surface area contributed by atoms with Crippen molar-refractivity contribution in [1.82, 2.24) is 9.78 Å². The second-order valence-corrected chi connectivity index (χ2v) is 4.25. The number of carbonyl (C=O) groups is 1. The van der Waals surface area contributed by atoms with Gasteiger partial charge >= 0.3 is 6.36 Å². The highest BCUT2D eigenvalue weighted by molar-refractivity contribution is 5.98. The summed E-state index contributed by atoms with van der Waals surface area (Å²) >= 11 is 0. The average Bonchev–Trinajstić information content (AvgIpc) is 2.83. The first-order valence-corrected chi connectivity index (χ1v) is 5.86. The fraction of sp³-hybridized carbons (Fsp3) is 0.231. The van der Waals surface area contributed by atoms with E-state index in [1.807, 2.05) is 0 Å². The summed E-state index contributed by atoms with van der Waals surface area (Å²) in [4.78, 5) is 12.1. The maximum atomic E-state index is 12.8. The van der Waals surface area contributed by atoms with E-state index in [4.69, 9.17) is 0 Å². The van der Waals surface area contributed by atoms with E-state index in [0.717, 1.165) is 29.2 Å². The first kappa shape index (κ1) is 15.0. The van der Waals surface area contributed by atoms with E-state index in [0.29, 0.717) is 0 Å². The number of halogens is 4. The molecule has 21 heavy (non-hydrogen) atoms. The van der Waals surface area contributed by atoms with Gasteiger partial charge in [0.25, 0.3) is 0 Å². The quantitative estimate of drug-likeness (QED) is 0.642. The zero-order valence-corrected chi connectivity index (χ0v) is 10.8. The number of hydrogen-bond acceptors (Lipinski definition) is 3. The molecule has 0 bridgehead atoms. The summed E-state index contributed by atoms with van der Waals surface area (Å²) in [6, 6.07) is 3.72. The number of nitrogens with zero attached hydrogens (tertiary/aromatic N) is 2. The smallest absolute Gasteiger partial charge is 0.406 e. The summed E-state index contributed by atoms with van der Waals surface area (Å²) in [5.74, 6) is -1.41. The van der Waals surface area contributed by atoms with E-state index in [2.05, 4.69) is 9.84 Å². The minimum absolute atomic E-state index is 0.174. The molecule has 8 heteroatoms. The van der Waals surface area contributed by atoms with Crippen LogP contribution in [0.5, 0.6) is 5.75 Å². The van der Waals surface area contributed by atoms with Gasteiger partial charge in [-0.1, -0.05) is 0 Å². The van der Waals surface area contributed by atoms with Gasteiger partial charge in [-0.25, -0.2) is 4.39 Å². The number of alkyl halides is 3. The van der Waals surface area contributed by atoms with Crippen LogP contribution in [-0.4, -0.2) is 21.9 Å². The van der Waals surface area contributed by atoms with Gasteiger partial charge in [-0.15, -0.1) is 13.2 Å². The molecule has 0 unspecified atom stereocenters. The molecule has 1 aromatic heterocycles. The van der Waals surface area contributed by atoms with Crippen LogP contribution in [0, 0.1) is 5.82 Å². The maximum absolute atomic E-state index is 12.8. The SMILES string of the molecule is C[C@@H](C(=O)c1ccc(OC(F)(F)F)cc1)n1cc(F)cn1. The number of rotatable bonds is 4. The second kappa shape index (κ2) is 5.55. The largest absolute Gasteiger partial charge is 0.573 e. The zero-order valence-electron chi connectivity index (χ0n) is 10.8. The lowest BCUT2D eigenvalue weighted by atomic mass is 10.1. The Kier molecular flexibility index (Phi) is 3.97. The molecule has 4 nitrogen and oxygen atoms in total. The minimum Gasteiger partial charge on any atom is -0.406 e. The molecular formula is C13H10F4N2O2.